The summed E-state index contributed by atoms with van der Waals surface area (Å²) in [6.07, 6.45) is 0. The average Bonchev–Trinajstić information content (AvgIpc) is 2.44. The van der Waals surface area contributed by atoms with E-state index in [-0.39, 0.29) is 17.6 Å². The fourth-order valence-corrected chi connectivity index (χ4v) is 2.01. The number of rotatable bonds is 4. The van der Waals surface area contributed by atoms with Gasteiger partial charge in [-0.3, -0.25) is 4.79 Å². The molecule has 2 rings (SSSR count). The van der Waals surface area contributed by atoms with Gasteiger partial charge in [0.05, 0.1) is 5.56 Å². The molecule has 2 aromatic rings. The molecule has 0 spiro atoms. The molecule has 0 unspecified atom stereocenters. The van der Waals surface area contributed by atoms with Gasteiger partial charge in [0.15, 0.2) is 0 Å². The Morgan fingerprint density at radius 1 is 1.24 bits per heavy atom. The van der Waals surface area contributed by atoms with Gasteiger partial charge in [0.25, 0.3) is 5.91 Å². The van der Waals surface area contributed by atoms with E-state index in [1.54, 1.807) is 24.3 Å². The molecule has 2 aromatic carbocycles. The van der Waals surface area contributed by atoms with Crippen molar-refractivity contribution in [3.8, 4) is 0 Å². The van der Waals surface area contributed by atoms with Crippen molar-refractivity contribution in [2.45, 2.75) is 6.54 Å². The van der Waals surface area contributed by atoms with Crippen LogP contribution in [0.25, 0.3) is 0 Å². The van der Waals surface area contributed by atoms with Crippen LogP contribution in [0.5, 0.6) is 0 Å². The van der Waals surface area contributed by atoms with Gasteiger partial charge >= 0.3 is 7.12 Å². The molecule has 108 valence electrons. The summed E-state index contributed by atoms with van der Waals surface area (Å²) in [5, 5.41) is 21.0. The highest BCUT2D eigenvalue weighted by atomic mass is 35.5. The standard InChI is InChI=1S/C14H12BClFNO3/c16-11-3-1-2-9(6-11)8-18-14(19)12-5-4-10(15(20)21)7-13(12)17/h1-7,20-21H,8H2,(H,18,19). The van der Waals surface area contributed by atoms with Crippen molar-refractivity contribution in [1.29, 1.82) is 0 Å². The van der Waals surface area contributed by atoms with E-state index < -0.39 is 18.8 Å². The predicted octanol–water partition coefficient (Wildman–Crippen LogP) is 1.09. The van der Waals surface area contributed by atoms with Crippen LogP contribution in [-0.2, 0) is 6.54 Å². The van der Waals surface area contributed by atoms with E-state index in [1.807, 2.05) is 0 Å². The summed E-state index contributed by atoms with van der Waals surface area (Å²) < 4.78 is 13.7. The molecule has 0 bridgehead atoms. The lowest BCUT2D eigenvalue weighted by molar-refractivity contribution is 0.0947. The second-order valence-electron chi connectivity index (χ2n) is 4.43. The number of hydrogen-bond donors (Lipinski definition) is 3. The third-order valence-corrected chi connectivity index (χ3v) is 3.11. The minimum atomic E-state index is -1.77. The van der Waals surface area contributed by atoms with Crippen LogP contribution in [-0.4, -0.2) is 23.1 Å². The van der Waals surface area contributed by atoms with Crippen LogP contribution < -0.4 is 10.8 Å². The van der Waals surface area contributed by atoms with Crippen LogP contribution in [0, 0.1) is 5.82 Å². The van der Waals surface area contributed by atoms with Crippen molar-refractivity contribution in [2.75, 3.05) is 0 Å². The van der Waals surface area contributed by atoms with Gasteiger partial charge in [-0.15, -0.1) is 0 Å². The van der Waals surface area contributed by atoms with E-state index in [0.717, 1.165) is 11.6 Å². The molecule has 0 saturated heterocycles. The Kier molecular flexibility index (Phi) is 4.96. The number of carbonyl (C=O) groups excluding carboxylic acids is 1. The van der Waals surface area contributed by atoms with Crippen LogP contribution in [0.1, 0.15) is 15.9 Å². The Balaban J connectivity index is 2.07. The molecule has 0 aliphatic carbocycles. The number of carbonyl (C=O) groups is 1. The smallest absolute Gasteiger partial charge is 0.423 e. The van der Waals surface area contributed by atoms with Crippen LogP contribution in [0.4, 0.5) is 4.39 Å². The molecular formula is C14H12BClFNO3. The van der Waals surface area contributed by atoms with Gasteiger partial charge in [-0.05, 0) is 35.3 Å². The van der Waals surface area contributed by atoms with Crippen molar-refractivity contribution in [3.63, 3.8) is 0 Å². The number of hydrogen-bond acceptors (Lipinski definition) is 3. The van der Waals surface area contributed by atoms with Crippen molar-refractivity contribution in [3.05, 3.63) is 64.4 Å². The summed E-state index contributed by atoms with van der Waals surface area (Å²) in [6, 6.07) is 10.4. The molecule has 0 aliphatic heterocycles. The largest absolute Gasteiger partial charge is 0.488 e. The SMILES string of the molecule is O=C(NCc1cccc(Cl)c1)c1ccc(B(O)O)cc1F. The van der Waals surface area contributed by atoms with E-state index in [9.17, 15) is 9.18 Å². The molecule has 0 radical (unpaired) electrons. The molecule has 7 heteroatoms. The maximum absolute atomic E-state index is 13.7. The van der Waals surface area contributed by atoms with Gasteiger partial charge in [-0.1, -0.05) is 29.8 Å². The lowest BCUT2D eigenvalue weighted by Crippen LogP contribution is -2.31. The summed E-state index contributed by atoms with van der Waals surface area (Å²) in [5.74, 6) is -1.41. The topological polar surface area (TPSA) is 69.6 Å². The molecule has 4 nitrogen and oxygen atoms in total. The molecule has 0 aromatic heterocycles. The van der Waals surface area contributed by atoms with Crippen LogP contribution in [0.2, 0.25) is 5.02 Å². The van der Waals surface area contributed by atoms with Crippen molar-refractivity contribution < 1.29 is 19.2 Å². The van der Waals surface area contributed by atoms with Gasteiger partial charge in [0.1, 0.15) is 5.82 Å². The van der Waals surface area contributed by atoms with Crippen molar-refractivity contribution >= 4 is 30.1 Å². The van der Waals surface area contributed by atoms with E-state index in [2.05, 4.69) is 5.32 Å². The molecule has 21 heavy (non-hydrogen) atoms. The maximum atomic E-state index is 13.7. The van der Waals surface area contributed by atoms with Crippen LogP contribution >= 0.6 is 11.6 Å². The summed E-state index contributed by atoms with van der Waals surface area (Å²) in [6.45, 7) is 0.212. The molecule has 3 N–H and O–H groups in total. The van der Waals surface area contributed by atoms with Gasteiger partial charge in [-0.2, -0.15) is 0 Å². The summed E-state index contributed by atoms with van der Waals surface area (Å²) in [7, 11) is -1.77. The normalized spacial score (nSPS) is 10.3. The quantitative estimate of drug-likeness (QED) is 0.741. The Labute approximate surface area is 126 Å². The second-order valence-corrected chi connectivity index (χ2v) is 4.86. The minimum Gasteiger partial charge on any atom is -0.423 e. The zero-order valence-electron chi connectivity index (χ0n) is 10.9. The lowest BCUT2D eigenvalue weighted by Gasteiger charge is -2.08. The Hall–Kier alpha value is -1.89. The fraction of sp³-hybridized carbons (Fsp3) is 0.0714. The van der Waals surface area contributed by atoms with Crippen LogP contribution in [0.15, 0.2) is 42.5 Å². The molecule has 0 atom stereocenters. The van der Waals surface area contributed by atoms with Gasteiger partial charge in [0, 0.05) is 11.6 Å². The predicted molar refractivity (Wildman–Crippen MR) is 78.8 cm³/mol. The second kappa shape index (κ2) is 6.71. The summed E-state index contributed by atoms with van der Waals surface area (Å²) in [5.41, 5.74) is 0.610. The third kappa shape index (κ3) is 4.04. The highest BCUT2D eigenvalue weighted by molar-refractivity contribution is 6.58. The monoisotopic (exact) mass is 307 g/mol. The fourth-order valence-electron chi connectivity index (χ4n) is 1.80. The summed E-state index contributed by atoms with van der Waals surface area (Å²) in [4.78, 5) is 11.9. The molecule has 0 aliphatic rings. The molecule has 0 fully saturated rings. The number of amides is 1. The van der Waals surface area contributed by atoms with E-state index in [1.165, 1.54) is 12.1 Å². The Morgan fingerprint density at radius 3 is 2.62 bits per heavy atom. The van der Waals surface area contributed by atoms with E-state index in [0.29, 0.717) is 5.02 Å². The third-order valence-electron chi connectivity index (χ3n) is 2.88. The summed E-state index contributed by atoms with van der Waals surface area (Å²) >= 11 is 5.83. The van der Waals surface area contributed by atoms with Gasteiger partial charge in [0.2, 0.25) is 0 Å². The first-order chi connectivity index (χ1) is 9.97. The molecular weight excluding hydrogens is 295 g/mol. The van der Waals surface area contributed by atoms with Gasteiger partial charge in [-0.25, -0.2) is 4.39 Å². The highest BCUT2D eigenvalue weighted by Gasteiger charge is 2.16. The zero-order chi connectivity index (χ0) is 15.4. The van der Waals surface area contributed by atoms with E-state index >= 15 is 0 Å². The lowest BCUT2D eigenvalue weighted by atomic mass is 9.80. The Morgan fingerprint density at radius 2 is 2.00 bits per heavy atom. The minimum absolute atomic E-state index is 0.0149. The van der Waals surface area contributed by atoms with Crippen LogP contribution in [0.3, 0.4) is 0 Å². The Bertz CT molecular complexity index is 666. The number of nitrogens with one attached hydrogen (secondary N) is 1. The first-order valence-electron chi connectivity index (χ1n) is 6.15. The van der Waals surface area contributed by atoms with E-state index in [4.69, 9.17) is 21.6 Å². The maximum Gasteiger partial charge on any atom is 0.488 e. The number of halogens is 2. The first-order valence-corrected chi connectivity index (χ1v) is 6.53. The highest BCUT2D eigenvalue weighted by Crippen LogP contribution is 2.11. The zero-order valence-corrected chi connectivity index (χ0v) is 11.6. The first kappa shape index (κ1) is 15.5. The molecule has 0 heterocycles. The van der Waals surface area contributed by atoms with Gasteiger partial charge < -0.3 is 15.4 Å². The van der Waals surface area contributed by atoms with Crippen molar-refractivity contribution in [2.24, 2.45) is 0 Å². The molecule has 0 saturated carbocycles. The van der Waals surface area contributed by atoms with Crippen molar-refractivity contribution in [1.82, 2.24) is 5.32 Å². The number of benzene rings is 2. The average molecular weight is 308 g/mol. The molecule has 1 amide bonds.